The van der Waals surface area contributed by atoms with E-state index < -0.39 is 0 Å². The summed E-state index contributed by atoms with van der Waals surface area (Å²) in [5, 5.41) is 1.12. The molecule has 3 heteroatoms. The van der Waals surface area contributed by atoms with Crippen molar-refractivity contribution in [2.75, 3.05) is 0 Å². The van der Waals surface area contributed by atoms with Crippen LogP contribution in [0.4, 0.5) is 0 Å². The van der Waals surface area contributed by atoms with Crippen LogP contribution in [0, 0.1) is 5.92 Å². The fourth-order valence-electron chi connectivity index (χ4n) is 1.72. The van der Waals surface area contributed by atoms with Gasteiger partial charge in [-0.15, -0.1) is 0 Å². The number of hydrogen-bond donors (Lipinski definition) is 0. The highest BCUT2D eigenvalue weighted by atomic mass is 35.5. The molecule has 2 nitrogen and oxygen atoms in total. The molecule has 0 atom stereocenters. The van der Waals surface area contributed by atoms with Gasteiger partial charge in [-0.2, -0.15) is 0 Å². The van der Waals surface area contributed by atoms with Crippen LogP contribution in [0.1, 0.15) is 19.4 Å². The largest absolute Gasteiger partial charge is 0.464 e. The van der Waals surface area contributed by atoms with Crippen molar-refractivity contribution < 1.29 is 4.42 Å². The highest BCUT2D eigenvalue weighted by molar-refractivity contribution is 6.31. The highest BCUT2D eigenvalue weighted by Gasteiger charge is 2.08. The predicted molar refractivity (Wildman–Crippen MR) is 66.0 cm³/mol. The number of rotatable bonds is 2. The van der Waals surface area contributed by atoms with Gasteiger partial charge in [-0.1, -0.05) is 25.4 Å². The zero-order chi connectivity index (χ0) is 11.7. The van der Waals surface area contributed by atoms with E-state index in [1.807, 2.05) is 0 Å². The van der Waals surface area contributed by atoms with Gasteiger partial charge < -0.3 is 4.42 Å². The van der Waals surface area contributed by atoms with Gasteiger partial charge in [0.2, 0.25) is 0 Å². The Hall–Kier alpha value is -1.28. The van der Waals surface area contributed by atoms with Crippen molar-refractivity contribution in [2.45, 2.75) is 20.3 Å². The second kappa shape index (κ2) is 4.30. The summed E-state index contributed by atoms with van der Waals surface area (Å²) in [4.78, 5) is 12.1. The third-order valence-electron chi connectivity index (χ3n) is 2.43. The van der Waals surface area contributed by atoms with E-state index in [4.69, 9.17) is 16.0 Å². The third kappa shape index (κ3) is 2.12. The maximum absolute atomic E-state index is 12.1. The molecule has 0 saturated carbocycles. The van der Waals surface area contributed by atoms with Crippen molar-refractivity contribution in [1.82, 2.24) is 0 Å². The minimum absolute atomic E-state index is 0.0254. The summed E-state index contributed by atoms with van der Waals surface area (Å²) in [6, 6.07) is 5.10. The molecule has 1 aromatic carbocycles. The van der Waals surface area contributed by atoms with Crippen LogP contribution in [0.25, 0.3) is 11.0 Å². The average Bonchev–Trinajstić information content (AvgIpc) is 2.22. The SMILES string of the molecule is CC(C)Cc1coc2ccc(Cl)cc2c1=O. The molecule has 0 spiro atoms. The molecule has 2 rings (SSSR count). The minimum Gasteiger partial charge on any atom is -0.464 e. The number of hydrogen-bond acceptors (Lipinski definition) is 2. The molecular weight excluding hydrogens is 224 g/mol. The molecule has 1 aromatic heterocycles. The monoisotopic (exact) mass is 236 g/mol. The van der Waals surface area contributed by atoms with Crippen molar-refractivity contribution in [2.24, 2.45) is 5.92 Å². The Kier molecular flexibility index (Phi) is 3.01. The first-order valence-electron chi connectivity index (χ1n) is 5.28. The molecule has 1 heterocycles. The lowest BCUT2D eigenvalue weighted by Crippen LogP contribution is -2.11. The molecule has 84 valence electrons. The molecule has 0 saturated heterocycles. The molecule has 0 aliphatic heterocycles. The Bertz CT molecular complexity index is 570. The zero-order valence-electron chi connectivity index (χ0n) is 9.29. The van der Waals surface area contributed by atoms with Gasteiger partial charge in [0.1, 0.15) is 5.58 Å². The van der Waals surface area contributed by atoms with Gasteiger partial charge in [-0.3, -0.25) is 4.79 Å². The maximum Gasteiger partial charge on any atom is 0.195 e. The molecule has 0 bridgehead atoms. The molecule has 0 amide bonds. The van der Waals surface area contributed by atoms with E-state index in [0.29, 0.717) is 27.5 Å². The van der Waals surface area contributed by atoms with E-state index in [1.54, 1.807) is 24.5 Å². The van der Waals surface area contributed by atoms with Gasteiger partial charge in [-0.25, -0.2) is 0 Å². The van der Waals surface area contributed by atoms with E-state index in [2.05, 4.69) is 13.8 Å². The number of fused-ring (bicyclic) bond motifs is 1. The lowest BCUT2D eigenvalue weighted by molar-refractivity contribution is 0.571. The second-order valence-electron chi connectivity index (χ2n) is 4.33. The summed E-state index contributed by atoms with van der Waals surface area (Å²) in [5.74, 6) is 0.430. The van der Waals surface area contributed by atoms with E-state index in [-0.39, 0.29) is 5.43 Å². The molecule has 16 heavy (non-hydrogen) atoms. The smallest absolute Gasteiger partial charge is 0.195 e. The second-order valence-corrected chi connectivity index (χ2v) is 4.76. The summed E-state index contributed by atoms with van der Waals surface area (Å²) >= 11 is 5.87. The summed E-state index contributed by atoms with van der Waals surface area (Å²) in [6.45, 7) is 4.14. The minimum atomic E-state index is 0.0254. The van der Waals surface area contributed by atoms with Crippen LogP contribution < -0.4 is 5.43 Å². The molecule has 0 aliphatic rings. The number of halogens is 1. The van der Waals surface area contributed by atoms with Crippen molar-refractivity contribution in [3.8, 4) is 0 Å². The first-order valence-corrected chi connectivity index (χ1v) is 5.65. The summed E-state index contributed by atoms with van der Waals surface area (Å²) in [5.41, 5.74) is 1.32. The Morgan fingerprint density at radius 1 is 1.38 bits per heavy atom. The first-order chi connectivity index (χ1) is 7.58. The van der Waals surface area contributed by atoms with Gasteiger partial charge in [0, 0.05) is 10.6 Å². The predicted octanol–water partition coefficient (Wildman–Crippen LogP) is 3.64. The van der Waals surface area contributed by atoms with Crippen LogP contribution in [0.3, 0.4) is 0 Å². The van der Waals surface area contributed by atoms with E-state index >= 15 is 0 Å². The van der Waals surface area contributed by atoms with Crippen LogP contribution in [-0.2, 0) is 6.42 Å². The van der Waals surface area contributed by atoms with Crippen LogP contribution >= 0.6 is 11.6 Å². The van der Waals surface area contributed by atoms with Crippen molar-refractivity contribution in [3.63, 3.8) is 0 Å². The first kappa shape index (κ1) is 11.2. The van der Waals surface area contributed by atoms with Gasteiger partial charge >= 0.3 is 0 Å². The standard InChI is InChI=1S/C13H13ClO2/c1-8(2)5-9-7-16-12-4-3-10(14)6-11(12)13(9)15/h3-4,6-8H,5H2,1-2H3. The summed E-state index contributed by atoms with van der Waals surface area (Å²) in [7, 11) is 0. The topological polar surface area (TPSA) is 30.2 Å². The van der Waals surface area contributed by atoms with E-state index in [0.717, 1.165) is 6.42 Å². The quantitative estimate of drug-likeness (QED) is 0.797. The zero-order valence-corrected chi connectivity index (χ0v) is 10.0. The maximum atomic E-state index is 12.1. The molecule has 2 aromatic rings. The van der Waals surface area contributed by atoms with E-state index in [9.17, 15) is 4.79 Å². The fraction of sp³-hybridized carbons (Fsp3) is 0.308. The Labute approximate surface area is 98.8 Å². The van der Waals surface area contributed by atoms with Gasteiger partial charge in [0.25, 0.3) is 0 Å². The normalized spacial score (nSPS) is 11.2. The summed E-state index contributed by atoms with van der Waals surface area (Å²) < 4.78 is 5.42. The van der Waals surface area contributed by atoms with Crippen LogP contribution in [0.15, 0.2) is 33.7 Å². The van der Waals surface area contributed by atoms with Crippen LogP contribution in [0.5, 0.6) is 0 Å². The van der Waals surface area contributed by atoms with Gasteiger partial charge in [0.05, 0.1) is 11.6 Å². The number of benzene rings is 1. The molecule has 0 fully saturated rings. The lowest BCUT2D eigenvalue weighted by Gasteiger charge is -2.04. The van der Waals surface area contributed by atoms with Crippen LogP contribution in [-0.4, -0.2) is 0 Å². The molecular formula is C13H13ClO2. The van der Waals surface area contributed by atoms with Gasteiger partial charge in [-0.05, 0) is 30.5 Å². The summed E-state index contributed by atoms with van der Waals surface area (Å²) in [6.07, 6.45) is 2.28. The molecule has 0 N–H and O–H groups in total. The van der Waals surface area contributed by atoms with Crippen molar-refractivity contribution in [1.29, 1.82) is 0 Å². The average molecular weight is 237 g/mol. The van der Waals surface area contributed by atoms with Crippen molar-refractivity contribution in [3.05, 3.63) is 45.3 Å². The molecule has 0 radical (unpaired) electrons. The van der Waals surface area contributed by atoms with Crippen LogP contribution in [0.2, 0.25) is 5.02 Å². The fourth-order valence-corrected chi connectivity index (χ4v) is 1.90. The lowest BCUT2D eigenvalue weighted by atomic mass is 10.0. The highest BCUT2D eigenvalue weighted by Crippen LogP contribution is 2.17. The Balaban J connectivity index is 2.64. The van der Waals surface area contributed by atoms with Crippen molar-refractivity contribution >= 4 is 22.6 Å². The molecule has 0 aliphatic carbocycles. The third-order valence-corrected chi connectivity index (χ3v) is 2.67. The Morgan fingerprint density at radius 2 is 2.12 bits per heavy atom. The van der Waals surface area contributed by atoms with Gasteiger partial charge in [0.15, 0.2) is 5.43 Å². The molecule has 0 unspecified atom stereocenters. The van der Waals surface area contributed by atoms with E-state index in [1.165, 1.54) is 0 Å². The Morgan fingerprint density at radius 3 is 2.81 bits per heavy atom.